The number of guanidine groups is 1. The second kappa shape index (κ2) is 13.1. The quantitative estimate of drug-likeness (QED) is 0.320. The molecule has 0 spiro atoms. The molecule has 1 aliphatic heterocycles. The molecule has 148 valence electrons. The van der Waals surface area contributed by atoms with E-state index in [9.17, 15) is 0 Å². The first-order valence-electron chi connectivity index (χ1n) is 9.93. The van der Waals surface area contributed by atoms with E-state index in [4.69, 9.17) is 14.5 Å². The van der Waals surface area contributed by atoms with Gasteiger partial charge < -0.3 is 19.7 Å². The highest BCUT2D eigenvalue weighted by atomic mass is 127. The molecule has 1 aliphatic carbocycles. The Morgan fingerprint density at radius 2 is 2.04 bits per heavy atom. The molecule has 1 saturated heterocycles. The van der Waals surface area contributed by atoms with Gasteiger partial charge >= 0.3 is 0 Å². The second-order valence-corrected chi connectivity index (χ2v) is 7.17. The molecule has 2 atom stereocenters. The molecule has 2 fully saturated rings. The first kappa shape index (κ1) is 23.0. The first-order chi connectivity index (χ1) is 11.7. The summed E-state index contributed by atoms with van der Waals surface area (Å²) in [6, 6.07) is 0. The maximum absolute atomic E-state index is 6.02. The molecule has 1 heterocycles. The maximum Gasteiger partial charge on any atom is 0.193 e. The van der Waals surface area contributed by atoms with Crippen LogP contribution in [0.5, 0.6) is 0 Å². The van der Waals surface area contributed by atoms with Crippen LogP contribution >= 0.6 is 24.0 Å². The zero-order chi connectivity index (χ0) is 17.2. The van der Waals surface area contributed by atoms with Crippen molar-refractivity contribution in [2.45, 2.75) is 58.5 Å². The SMILES string of the molecule is CCNC(=NCCC(OCC)C1CCCC1)N(C)CC1CCOC1.I. The van der Waals surface area contributed by atoms with E-state index in [1.807, 2.05) is 0 Å². The van der Waals surface area contributed by atoms with Crippen LogP contribution in [-0.2, 0) is 9.47 Å². The average Bonchev–Trinajstić information content (AvgIpc) is 3.26. The topological polar surface area (TPSA) is 46.1 Å². The number of ether oxygens (including phenoxy) is 2. The predicted octanol–water partition coefficient (Wildman–Crippen LogP) is 3.52. The molecular formula is C19H38IN3O2. The Hall–Kier alpha value is -0.0800. The van der Waals surface area contributed by atoms with Gasteiger partial charge in [0.25, 0.3) is 0 Å². The smallest absolute Gasteiger partial charge is 0.193 e. The van der Waals surface area contributed by atoms with Gasteiger partial charge in [0.1, 0.15) is 0 Å². The van der Waals surface area contributed by atoms with Gasteiger partial charge in [0.05, 0.1) is 12.7 Å². The minimum absolute atomic E-state index is 0. The number of hydrogen-bond acceptors (Lipinski definition) is 3. The number of hydrogen-bond donors (Lipinski definition) is 1. The summed E-state index contributed by atoms with van der Waals surface area (Å²) >= 11 is 0. The molecule has 5 nitrogen and oxygen atoms in total. The van der Waals surface area contributed by atoms with Gasteiger partial charge in [-0.1, -0.05) is 12.8 Å². The Bertz CT molecular complexity index is 370. The summed E-state index contributed by atoms with van der Waals surface area (Å²) in [5.74, 6) is 2.40. The van der Waals surface area contributed by atoms with E-state index < -0.39 is 0 Å². The summed E-state index contributed by atoms with van der Waals surface area (Å²) < 4.78 is 11.5. The minimum atomic E-state index is 0. The third-order valence-corrected chi connectivity index (χ3v) is 5.23. The van der Waals surface area contributed by atoms with Gasteiger partial charge in [-0.15, -0.1) is 24.0 Å². The molecule has 6 heteroatoms. The normalized spacial score (nSPS) is 22.7. The molecule has 1 saturated carbocycles. The van der Waals surface area contributed by atoms with E-state index in [2.05, 4.69) is 31.1 Å². The van der Waals surface area contributed by atoms with Crippen LogP contribution in [0.3, 0.4) is 0 Å². The fraction of sp³-hybridized carbons (Fsp3) is 0.947. The van der Waals surface area contributed by atoms with Crippen LogP contribution < -0.4 is 5.32 Å². The monoisotopic (exact) mass is 467 g/mol. The molecule has 2 unspecified atom stereocenters. The van der Waals surface area contributed by atoms with Crippen molar-refractivity contribution in [3.63, 3.8) is 0 Å². The van der Waals surface area contributed by atoms with Crippen LogP contribution in [-0.4, -0.2) is 63.5 Å². The largest absolute Gasteiger partial charge is 0.381 e. The summed E-state index contributed by atoms with van der Waals surface area (Å²) in [4.78, 5) is 7.12. The molecule has 0 amide bonds. The van der Waals surface area contributed by atoms with Crippen molar-refractivity contribution in [1.82, 2.24) is 10.2 Å². The molecule has 0 aromatic heterocycles. The number of rotatable bonds is 9. The van der Waals surface area contributed by atoms with Crippen LogP contribution in [0.25, 0.3) is 0 Å². The Morgan fingerprint density at radius 3 is 2.64 bits per heavy atom. The maximum atomic E-state index is 6.02. The van der Waals surface area contributed by atoms with Crippen molar-refractivity contribution in [2.24, 2.45) is 16.8 Å². The Balaban J connectivity index is 0.00000312. The molecule has 1 N–H and O–H groups in total. The lowest BCUT2D eigenvalue weighted by Crippen LogP contribution is -2.41. The molecule has 0 aromatic carbocycles. The van der Waals surface area contributed by atoms with E-state index >= 15 is 0 Å². The van der Waals surface area contributed by atoms with Gasteiger partial charge in [-0.2, -0.15) is 0 Å². The summed E-state index contributed by atoms with van der Waals surface area (Å²) in [6.45, 7) is 9.60. The van der Waals surface area contributed by atoms with Crippen LogP contribution in [0, 0.1) is 11.8 Å². The van der Waals surface area contributed by atoms with Crippen LogP contribution in [0.4, 0.5) is 0 Å². The number of aliphatic imine (C=N–C) groups is 1. The lowest BCUT2D eigenvalue weighted by molar-refractivity contribution is 0.0177. The highest BCUT2D eigenvalue weighted by Gasteiger charge is 2.25. The van der Waals surface area contributed by atoms with Crippen molar-refractivity contribution in [2.75, 3.05) is 46.5 Å². The van der Waals surface area contributed by atoms with Crippen molar-refractivity contribution in [1.29, 1.82) is 0 Å². The van der Waals surface area contributed by atoms with Gasteiger partial charge in [-0.25, -0.2) is 0 Å². The molecule has 2 aliphatic rings. The summed E-state index contributed by atoms with van der Waals surface area (Å²) in [5, 5.41) is 3.43. The standard InChI is InChI=1S/C19H37N3O2.HI/c1-4-20-19(22(3)14-16-11-13-23-15-16)21-12-10-18(24-5-2)17-8-6-7-9-17;/h16-18H,4-15H2,1-3H3,(H,20,21);1H. The molecule has 2 rings (SSSR count). The molecule has 0 aromatic rings. The average molecular weight is 467 g/mol. The Morgan fingerprint density at radius 1 is 1.28 bits per heavy atom. The Labute approximate surface area is 171 Å². The lowest BCUT2D eigenvalue weighted by Gasteiger charge is -2.25. The van der Waals surface area contributed by atoms with E-state index in [-0.39, 0.29) is 24.0 Å². The van der Waals surface area contributed by atoms with Gasteiger partial charge in [0.15, 0.2) is 5.96 Å². The minimum Gasteiger partial charge on any atom is -0.381 e. The van der Waals surface area contributed by atoms with Crippen molar-refractivity contribution < 1.29 is 9.47 Å². The number of nitrogens with zero attached hydrogens (tertiary/aromatic N) is 2. The zero-order valence-corrected chi connectivity index (χ0v) is 18.7. The molecular weight excluding hydrogens is 429 g/mol. The second-order valence-electron chi connectivity index (χ2n) is 7.17. The fourth-order valence-electron chi connectivity index (χ4n) is 3.97. The predicted molar refractivity (Wildman–Crippen MR) is 115 cm³/mol. The van der Waals surface area contributed by atoms with Crippen molar-refractivity contribution >= 4 is 29.9 Å². The fourth-order valence-corrected chi connectivity index (χ4v) is 3.97. The van der Waals surface area contributed by atoms with Gasteiger partial charge in [-0.3, -0.25) is 4.99 Å². The van der Waals surface area contributed by atoms with Gasteiger partial charge in [0.2, 0.25) is 0 Å². The van der Waals surface area contributed by atoms with E-state index in [0.29, 0.717) is 12.0 Å². The Kier molecular flexibility index (Phi) is 12.1. The summed E-state index contributed by atoms with van der Waals surface area (Å²) in [5.41, 5.74) is 0. The van der Waals surface area contributed by atoms with Gasteiger partial charge in [-0.05, 0) is 45.4 Å². The summed E-state index contributed by atoms with van der Waals surface area (Å²) in [7, 11) is 2.14. The molecule has 0 radical (unpaired) electrons. The summed E-state index contributed by atoms with van der Waals surface area (Å²) in [6.07, 6.45) is 7.98. The van der Waals surface area contributed by atoms with Gasteiger partial charge in [0, 0.05) is 45.8 Å². The van der Waals surface area contributed by atoms with Crippen LogP contribution in [0.15, 0.2) is 4.99 Å². The highest BCUT2D eigenvalue weighted by molar-refractivity contribution is 14.0. The third-order valence-electron chi connectivity index (χ3n) is 5.23. The van der Waals surface area contributed by atoms with Crippen molar-refractivity contribution in [3.8, 4) is 0 Å². The van der Waals surface area contributed by atoms with Crippen LogP contribution in [0.1, 0.15) is 52.4 Å². The number of nitrogens with one attached hydrogen (secondary N) is 1. The molecule has 25 heavy (non-hydrogen) atoms. The zero-order valence-electron chi connectivity index (χ0n) is 16.3. The van der Waals surface area contributed by atoms with Crippen molar-refractivity contribution in [3.05, 3.63) is 0 Å². The highest BCUT2D eigenvalue weighted by Crippen LogP contribution is 2.30. The lowest BCUT2D eigenvalue weighted by atomic mass is 9.98. The molecule has 0 bridgehead atoms. The number of halogens is 1. The first-order valence-corrected chi connectivity index (χ1v) is 9.93. The van der Waals surface area contributed by atoms with Crippen LogP contribution in [0.2, 0.25) is 0 Å². The van der Waals surface area contributed by atoms with E-state index in [0.717, 1.165) is 64.2 Å². The van der Waals surface area contributed by atoms with E-state index in [1.54, 1.807) is 0 Å². The third kappa shape index (κ3) is 7.99. The van der Waals surface area contributed by atoms with E-state index in [1.165, 1.54) is 25.7 Å².